The largest absolute Gasteiger partial charge is 0.573 e. The van der Waals surface area contributed by atoms with Crippen LogP contribution in [0.3, 0.4) is 0 Å². The van der Waals surface area contributed by atoms with Crippen LogP contribution in [0, 0.1) is 20.8 Å². The van der Waals surface area contributed by atoms with Gasteiger partial charge in [-0.3, -0.25) is 4.57 Å². The highest BCUT2D eigenvalue weighted by molar-refractivity contribution is 7.07. The predicted octanol–water partition coefficient (Wildman–Crippen LogP) is 6.93. The SMILES string of the molecule is Cc1cccc(C)c1-n1c(C)cs/c1=N\C(=O)NCC(F)c1ccc(-c2ncn(-c3ccc(OC(F)(F)F)cc3)n2)cc1. The highest BCUT2D eigenvalue weighted by Gasteiger charge is 2.31. The van der Waals surface area contributed by atoms with E-state index in [9.17, 15) is 18.0 Å². The van der Waals surface area contributed by atoms with Crippen LogP contribution in [-0.2, 0) is 0 Å². The number of aryl methyl sites for hydroxylation is 3. The van der Waals surface area contributed by atoms with E-state index < -0.39 is 18.6 Å². The molecule has 0 saturated heterocycles. The fourth-order valence-electron chi connectivity index (χ4n) is 4.48. The van der Waals surface area contributed by atoms with Crippen molar-refractivity contribution in [3.63, 3.8) is 0 Å². The number of aromatic nitrogens is 4. The zero-order chi connectivity index (χ0) is 30.7. The Morgan fingerprint density at radius 1 is 1.02 bits per heavy atom. The summed E-state index contributed by atoms with van der Waals surface area (Å²) in [6.07, 6.45) is -4.84. The number of urea groups is 1. The Morgan fingerprint density at radius 3 is 2.35 bits per heavy atom. The molecule has 0 saturated carbocycles. The number of benzene rings is 3. The normalized spacial score (nSPS) is 12.8. The number of nitrogens with zero attached hydrogens (tertiary/aromatic N) is 5. The Labute approximate surface area is 247 Å². The topological polar surface area (TPSA) is 86.3 Å². The average molecular weight is 611 g/mol. The molecular formula is C30H26F4N6O2S. The molecule has 0 aliphatic heterocycles. The van der Waals surface area contributed by atoms with Crippen molar-refractivity contribution in [3.05, 3.63) is 106 Å². The Bertz CT molecular complexity index is 1790. The Kier molecular flexibility index (Phi) is 8.44. The van der Waals surface area contributed by atoms with Gasteiger partial charge in [-0.2, -0.15) is 4.99 Å². The van der Waals surface area contributed by atoms with Gasteiger partial charge in [0.1, 0.15) is 18.2 Å². The van der Waals surface area contributed by atoms with Crippen LogP contribution in [0.4, 0.5) is 22.4 Å². The molecule has 43 heavy (non-hydrogen) atoms. The molecule has 0 aliphatic carbocycles. The molecule has 0 fully saturated rings. The molecule has 0 bridgehead atoms. The van der Waals surface area contributed by atoms with E-state index in [4.69, 9.17) is 0 Å². The van der Waals surface area contributed by atoms with E-state index in [-0.39, 0.29) is 12.3 Å². The number of hydrogen-bond donors (Lipinski definition) is 1. The first-order valence-electron chi connectivity index (χ1n) is 13.1. The molecule has 0 radical (unpaired) electrons. The van der Waals surface area contributed by atoms with Crippen molar-refractivity contribution in [1.29, 1.82) is 0 Å². The third-order valence-corrected chi connectivity index (χ3v) is 7.47. The first-order valence-corrected chi connectivity index (χ1v) is 13.9. The third kappa shape index (κ3) is 7.00. The zero-order valence-electron chi connectivity index (χ0n) is 23.3. The molecule has 1 unspecified atom stereocenters. The second-order valence-corrected chi connectivity index (χ2v) is 10.5. The molecular weight excluding hydrogens is 584 g/mol. The van der Waals surface area contributed by atoms with Crippen LogP contribution in [0.1, 0.15) is 28.6 Å². The van der Waals surface area contributed by atoms with Crippen molar-refractivity contribution < 1.29 is 27.1 Å². The van der Waals surface area contributed by atoms with Gasteiger partial charge in [0.05, 0.1) is 17.9 Å². The molecule has 2 amide bonds. The van der Waals surface area contributed by atoms with Crippen LogP contribution in [0.5, 0.6) is 5.75 Å². The van der Waals surface area contributed by atoms with Gasteiger partial charge in [0.25, 0.3) is 0 Å². The molecule has 2 heterocycles. The molecule has 0 aliphatic rings. The molecule has 1 N–H and O–H groups in total. The van der Waals surface area contributed by atoms with Crippen LogP contribution in [0.15, 0.2) is 83.4 Å². The summed E-state index contributed by atoms with van der Waals surface area (Å²) < 4.78 is 59.4. The van der Waals surface area contributed by atoms with Crippen LogP contribution < -0.4 is 14.9 Å². The standard InChI is InChI=1S/C30H26F4N6O2S/c1-18-5-4-6-19(2)26(18)40-20(3)16-43-29(40)37-28(41)35-15-25(31)21-7-9-22(10-8-21)27-36-17-39(38-27)23-11-13-24(14-12-23)42-30(32,33)34/h4-14,16-17,25H,15H2,1-3H3,(H,35,41)/b37-29-. The molecule has 8 nitrogen and oxygen atoms in total. The number of alkyl halides is 4. The molecule has 0 spiro atoms. The fraction of sp³-hybridized carbons (Fsp3) is 0.200. The number of amides is 2. The van der Waals surface area contributed by atoms with Gasteiger partial charge in [0.15, 0.2) is 10.6 Å². The Balaban J connectivity index is 1.22. The Hall–Kier alpha value is -4.78. The quantitative estimate of drug-likeness (QED) is 0.203. The van der Waals surface area contributed by atoms with E-state index in [1.807, 2.05) is 48.9 Å². The van der Waals surface area contributed by atoms with Crippen LogP contribution >= 0.6 is 11.3 Å². The highest BCUT2D eigenvalue weighted by Crippen LogP contribution is 2.25. The van der Waals surface area contributed by atoms with Crippen molar-refractivity contribution in [1.82, 2.24) is 24.6 Å². The minimum atomic E-state index is -4.78. The summed E-state index contributed by atoms with van der Waals surface area (Å²) in [5, 5.41) is 8.81. The summed E-state index contributed by atoms with van der Waals surface area (Å²) in [5.74, 6) is -0.00598. The van der Waals surface area contributed by atoms with Crippen LogP contribution in [0.25, 0.3) is 22.8 Å². The smallest absolute Gasteiger partial charge is 0.406 e. The summed E-state index contributed by atoms with van der Waals surface area (Å²) >= 11 is 1.33. The Morgan fingerprint density at radius 2 is 1.70 bits per heavy atom. The predicted molar refractivity (Wildman–Crippen MR) is 154 cm³/mol. The van der Waals surface area contributed by atoms with Crippen molar-refractivity contribution >= 4 is 17.4 Å². The second-order valence-electron chi connectivity index (χ2n) is 9.68. The third-order valence-electron chi connectivity index (χ3n) is 6.53. The summed E-state index contributed by atoms with van der Waals surface area (Å²) in [6.45, 7) is 5.66. The van der Waals surface area contributed by atoms with E-state index in [1.165, 1.54) is 46.6 Å². The average Bonchev–Trinajstić information content (AvgIpc) is 3.59. The number of rotatable bonds is 7. The molecule has 222 valence electrons. The molecule has 5 aromatic rings. The minimum absolute atomic E-state index is 0.268. The first kappa shape index (κ1) is 29.7. The van der Waals surface area contributed by atoms with Crippen molar-refractivity contribution in [2.75, 3.05) is 6.54 Å². The van der Waals surface area contributed by atoms with Gasteiger partial charge in [0, 0.05) is 16.6 Å². The van der Waals surface area contributed by atoms with E-state index in [2.05, 4.69) is 25.1 Å². The molecule has 2 aromatic heterocycles. The molecule has 3 aromatic carbocycles. The van der Waals surface area contributed by atoms with Crippen molar-refractivity contribution in [3.8, 4) is 28.5 Å². The van der Waals surface area contributed by atoms with Gasteiger partial charge < -0.3 is 10.1 Å². The monoisotopic (exact) mass is 610 g/mol. The number of halogens is 4. The van der Waals surface area contributed by atoms with E-state index >= 15 is 4.39 Å². The zero-order valence-corrected chi connectivity index (χ0v) is 24.1. The lowest BCUT2D eigenvalue weighted by Crippen LogP contribution is -2.27. The van der Waals surface area contributed by atoms with Crippen LogP contribution in [-0.4, -0.2) is 38.3 Å². The number of thiazole rings is 1. The van der Waals surface area contributed by atoms with Gasteiger partial charge >= 0.3 is 12.4 Å². The number of nitrogens with one attached hydrogen (secondary N) is 1. The van der Waals surface area contributed by atoms with Gasteiger partial charge in [-0.15, -0.1) is 29.6 Å². The van der Waals surface area contributed by atoms with E-state index in [0.717, 1.165) is 22.5 Å². The summed E-state index contributed by atoms with van der Waals surface area (Å²) in [6, 6.07) is 17.0. The number of carbonyl (C=O) groups is 1. The molecule has 13 heteroatoms. The first-order chi connectivity index (χ1) is 20.5. The van der Waals surface area contributed by atoms with Gasteiger partial charge in [-0.25, -0.2) is 18.9 Å². The summed E-state index contributed by atoms with van der Waals surface area (Å²) in [5.41, 5.74) is 5.43. The second kappa shape index (κ2) is 12.2. The van der Waals surface area contributed by atoms with Crippen molar-refractivity contribution in [2.45, 2.75) is 33.3 Å². The van der Waals surface area contributed by atoms with Crippen molar-refractivity contribution in [2.24, 2.45) is 4.99 Å². The van der Waals surface area contributed by atoms with Gasteiger partial charge in [-0.05, 0) is 61.7 Å². The maximum atomic E-state index is 15.0. The number of para-hydroxylation sites is 1. The molecule has 1 atom stereocenters. The summed E-state index contributed by atoms with van der Waals surface area (Å²) in [4.78, 5) is 21.5. The van der Waals surface area contributed by atoms with E-state index in [1.54, 1.807) is 24.3 Å². The lowest BCUT2D eigenvalue weighted by molar-refractivity contribution is -0.274. The maximum absolute atomic E-state index is 15.0. The van der Waals surface area contributed by atoms with Crippen LogP contribution in [0.2, 0.25) is 0 Å². The summed E-state index contributed by atoms with van der Waals surface area (Å²) in [7, 11) is 0. The molecule has 5 rings (SSSR count). The van der Waals surface area contributed by atoms with Gasteiger partial charge in [-0.1, -0.05) is 42.5 Å². The lowest BCUT2D eigenvalue weighted by Gasteiger charge is -2.13. The number of ether oxygens (including phenoxy) is 1. The fourth-order valence-corrected chi connectivity index (χ4v) is 5.34. The number of carbonyl (C=O) groups excluding carboxylic acids is 1. The highest BCUT2D eigenvalue weighted by atomic mass is 32.1. The minimum Gasteiger partial charge on any atom is -0.406 e. The maximum Gasteiger partial charge on any atom is 0.573 e. The number of hydrogen-bond acceptors (Lipinski definition) is 5. The van der Waals surface area contributed by atoms with Gasteiger partial charge in [0.2, 0.25) is 0 Å². The van der Waals surface area contributed by atoms with E-state index in [0.29, 0.717) is 27.4 Å². The lowest BCUT2D eigenvalue weighted by atomic mass is 10.1.